The first kappa shape index (κ1) is 42.4. The Bertz CT molecular complexity index is 2920. The smallest absolute Gasteiger partial charge is 0.301 e. The van der Waals surface area contributed by atoms with Crippen LogP contribution in [0.1, 0.15) is 36.8 Å². The van der Waals surface area contributed by atoms with Gasteiger partial charge < -0.3 is 19.5 Å². The lowest BCUT2D eigenvalue weighted by atomic mass is 9.51. The molecular formula is C44H40ClN7O11S. The van der Waals surface area contributed by atoms with Crippen LogP contribution in [0.4, 0.5) is 28.6 Å². The van der Waals surface area contributed by atoms with Gasteiger partial charge in [0.25, 0.3) is 0 Å². The van der Waals surface area contributed by atoms with Crippen molar-refractivity contribution in [3.63, 3.8) is 0 Å². The molecule has 0 unspecified atom stereocenters. The van der Waals surface area contributed by atoms with Crippen molar-refractivity contribution < 1.29 is 43.6 Å². The molecule has 18 nitrogen and oxygen atoms in total. The van der Waals surface area contributed by atoms with Crippen LogP contribution in [0.15, 0.2) is 60.2 Å². The fourth-order valence-electron chi connectivity index (χ4n) is 10.6. The molecule has 6 atom stereocenters. The minimum atomic E-state index is -1.51. The summed E-state index contributed by atoms with van der Waals surface area (Å²) >= 11 is 7.82. The first-order valence-corrected chi connectivity index (χ1v) is 21.3. The van der Waals surface area contributed by atoms with Crippen LogP contribution in [0.25, 0.3) is 20.7 Å². The number of halogens is 1. The fourth-order valence-corrected chi connectivity index (χ4v) is 11.9. The number of allylic oxidation sites excluding steroid dienone is 2. The maximum atomic E-state index is 15.4. The molecule has 1 saturated carbocycles. The van der Waals surface area contributed by atoms with E-state index in [9.17, 15) is 34.9 Å². The summed E-state index contributed by atoms with van der Waals surface area (Å²) in [5.74, 6) is -7.52. The average molecular weight is 910 g/mol. The van der Waals surface area contributed by atoms with Gasteiger partial charge in [0.15, 0.2) is 17.2 Å². The number of benzene rings is 3. The first-order chi connectivity index (χ1) is 30.3. The van der Waals surface area contributed by atoms with E-state index >= 15 is 9.59 Å². The zero-order valence-corrected chi connectivity index (χ0v) is 37.0. The van der Waals surface area contributed by atoms with Crippen LogP contribution in [-0.2, 0) is 26.2 Å². The number of nitrogens with zero attached hydrogens (tertiary/aromatic N) is 7. The number of rotatable bonds is 9. The Morgan fingerprint density at radius 2 is 1.56 bits per heavy atom. The topological polar surface area (TPSA) is 221 Å². The summed E-state index contributed by atoms with van der Waals surface area (Å²) in [5, 5.41) is 41.8. The number of phenols is 1. The lowest BCUT2D eigenvalue weighted by Gasteiger charge is -2.49. The van der Waals surface area contributed by atoms with Gasteiger partial charge in [-0.25, -0.2) is 9.80 Å². The summed E-state index contributed by atoms with van der Waals surface area (Å²) < 4.78 is 13.5. The quantitative estimate of drug-likeness (QED) is 0.0665. The summed E-state index contributed by atoms with van der Waals surface area (Å²) in [5.41, 5.74) is -1.02. The van der Waals surface area contributed by atoms with E-state index in [0.717, 1.165) is 42.5 Å². The molecule has 1 N–H and O–H groups in total. The standard InChI is InChI=1S/C44H40ClN7O11S/c1-19-25-14-21(45)8-11-33(25)64-39(19)28-18-34(48(5)46-28)50-41(55)27-17-26-23(36(44(27,2)43(50)57)20-12-31(62-6)38(53)32(13-20)63-7)9-10-24-35(26)42(56)49(40(24)54)22-15-29(51(58)59)37(47(3)4)30(16-22)52(60)61/h8-9,11-16,18,24,26-27,35-36,53H,10,17H2,1-7H3/t24-,26+,27-,35-,36-,44+/m0/s1. The van der Waals surface area contributed by atoms with Gasteiger partial charge in [0.05, 0.1) is 57.8 Å². The van der Waals surface area contributed by atoms with E-state index in [1.807, 2.05) is 19.1 Å². The molecule has 2 aromatic heterocycles. The number of hydrogen-bond donors (Lipinski definition) is 1. The second kappa shape index (κ2) is 14.9. The van der Waals surface area contributed by atoms with Gasteiger partial charge in [-0.05, 0) is 79.5 Å². The Labute approximate surface area is 373 Å². The number of carbonyl (C=O) groups excluding carboxylic acids is 4. The number of imide groups is 2. The van der Waals surface area contributed by atoms with E-state index in [1.54, 1.807) is 44.3 Å². The Hall–Kier alpha value is -6.86. The SMILES string of the molecule is COc1cc([C@H]2C3=CC[C@@H]4C(=O)N(c5cc([N+](=O)[O-])c(N(C)C)c([N+](=O)[O-])c5)C(=O)[C@@H]4[C@@H]3C[C@H]3C(=O)N(c4cc(-c5sc6ccc(Cl)cc6c5C)nn4C)C(=O)[C@@]23C)cc(OC)c1O. The van der Waals surface area contributed by atoms with Crippen molar-refractivity contribution in [2.75, 3.05) is 43.0 Å². The van der Waals surface area contributed by atoms with E-state index in [-0.39, 0.29) is 47.3 Å². The van der Waals surface area contributed by atoms with Gasteiger partial charge in [-0.1, -0.05) is 23.3 Å². The van der Waals surface area contributed by atoms with Gasteiger partial charge in [-0.3, -0.25) is 44.1 Å². The molecule has 0 spiro atoms. The van der Waals surface area contributed by atoms with Crippen molar-refractivity contribution in [1.29, 1.82) is 0 Å². The molecule has 4 amide bonds. The Morgan fingerprint density at radius 3 is 2.16 bits per heavy atom. The number of ether oxygens (including phenoxy) is 2. The summed E-state index contributed by atoms with van der Waals surface area (Å²) in [6.07, 6.45) is 1.77. The van der Waals surface area contributed by atoms with Gasteiger partial charge in [0.1, 0.15) is 11.5 Å². The Balaban J connectivity index is 1.18. The van der Waals surface area contributed by atoms with Crippen LogP contribution >= 0.6 is 22.9 Å². The molecule has 3 fully saturated rings. The van der Waals surface area contributed by atoms with Crippen LogP contribution in [0, 0.1) is 56.2 Å². The van der Waals surface area contributed by atoms with Crippen LogP contribution in [-0.4, -0.2) is 76.7 Å². The van der Waals surface area contributed by atoms with Gasteiger partial charge in [-0.15, -0.1) is 11.3 Å². The summed E-state index contributed by atoms with van der Waals surface area (Å²) in [7, 11) is 7.16. The minimum Gasteiger partial charge on any atom is -0.502 e. The van der Waals surface area contributed by atoms with Gasteiger partial charge in [0.2, 0.25) is 29.4 Å². The molecular weight excluding hydrogens is 870 g/mol. The highest BCUT2D eigenvalue weighted by Gasteiger charge is 2.68. The number of amides is 4. The Morgan fingerprint density at radius 1 is 0.922 bits per heavy atom. The normalized spacial score (nSPS) is 23.9. The number of carbonyl (C=O) groups is 4. The maximum Gasteiger partial charge on any atom is 0.301 e. The summed E-state index contributed by atoms with van der Waals surface area (Å²) in [4.78, 5) is 86.6. The van der Waals surface area contributed by atoms with E-state index in [2.05, 4.69) is 0 Å². The van der Waals surface area contributed by atoms with Crippen molar-refractivity contribution in [3.8, 4) is 27.8 Å². The molecule has 2 saturated heterocycles. The number of aromatic hydroxyl groups is 1. The third kappa shape index (κ3) is 5.93. The monoisotopic (exact) mass is 909 g/mol. The number of anilines is 3. The highest BCUT2D eigenvalue weighted by molar-refractivity contribution is 7.22. The number of nitro groups is 2. The second-order valence-corrected chi connectivity index (χ2v) is 18.4. The van der Waals surface area contributed by atoms with Crippen LogP contribution in [0.5, 0.6) is 17.2 Å². The minimum absolute atomic E-state index is 0.0117. The van der Waals surface area contributed by atoms with Crippen molar-refractivity contribution in [2.24, 2.45) is 36.1 Å². The summed E-state index contributed by atoms with van der Waals surface area (Å²) in [6.45, 7) is 3.65. The number of aromatic nitrogens is 2. The second-order valence-electron chi connectivity index (χ2n) is 16.9. The molecule has 20 heteroatoms. The molecule has 2 aliphatic heterocycles. The number of aryl methyl sites for hydroxylation is 2. The third-order valence-electron chi connectivity index (χ3n) is 13.5. The van der Waals surface area contributed by atoms with E-state index in [0.29, 0.717) is 21.9 Å². The molecule has 5 aromatic rings. The lowest BCUT2D eigenvalue weighted by Crippen LogP contribution is -2.49. The first-order valence-electron chi connectivity index (χ1n) is 20.1. The summed E-state index contributed by atoms with van der Waals surface area (Å²) in [6, 6.07) is 12.4. The zero-order valence-electron chi connectivity index (χ0n) is 35.4. The number of fused-ring (bicyclic) bond motifs is 5. The number of phenolic OH excluding ortho intramolecular Hbond substituents is 1. The molecule has 4 aliphatic rings. The van der Waals surface area contributed by atoms with Crippen molar-refractivity contribution >= 4 is 85.2 Å². The Kier molecular flexibility index (Phi) is 9.86. The third-order valence-corrected chi connectivity index (χ3v) is 15.0. The van der Waals surface area contributed by atoms with E-state index in [4.69, 9.17) is 26.2 Å². The fraction of sp³-hybridized carbons (Fsp3) is 0.341. The number of nitro benzene ring substituents is 2. The number of thiophene rings is 1. The molecule has 9 rings (SSSR count). The molecule has 2 aliphatic carbocycles. The maximum absolute atomic E-state index is 15.4. The van der Waals surface area contributed by atoms with Gasteiger partial charge in [-0.2, -0.15) is 5.10 Å². The average Bonchev–Trinajstić information content (AvgIpc) is 3.93. The van der Waals surface area contributed by atoms with Gasteiger partial charge in [0, 0.05) is 55.0 Å². The largest absolute Gasteiger partial charge is 0.502 e. The van der Waals surface area contributed by atoms with Crippen LogP contribution in [0.3, 0.4) is 0 Å². The molecule has 0 radical (unpaired) electrons. The predicted molar refractivity (Wildman–Crippen MR) is 236 cm³/mol. The van der Waals surface area contributed by atoms with Crippen molar-refractivity contribution in [1.82, 2.24) is 9.78 Å². The van der Waals surface area contributed by atoms with Crippen molar-refractivity contribution in [2.45, 2.75) is 32.6 Å². The van der Waals surface area contributed by atoms with Crippen molar-refractivity contribution in [3.05, 3.63) is 96.6 Å². The highest BCUT2D eigenvalue weighted by atomic mass is 35.5. The van der Waals surface area contributed by atoms with Gasteiger partial charge >= 0.3 is 11.4 Å². The predicted octanol–water partition coefficient (Wildman–Crippen LogP) is 7.30. The number of methoxy groups -OCH3 is 2. The van der Waals surface area contributed by atoms with Crippen LogP contribution < -0.4 is 24.2 Å². The zero-order chi connectivity index (χ0) is 46.0. The highest BCUT2D eigenvalue weighted by Crippen LogP contribution is 2.64. The number of hydrogen-bond acceptors (Lipinski definition) is 14. The molecule has 4 heterocycles. The lowest BCUT2D eigenvalue weighted by molar-refractivity contribution is -0.392. The van der Waals surface area contributed by atoms with Crippen LogP contribution in [0.2, 0.25) is 5.02 Å². The van der Waals surface area contributed by atoms with E-state index in [1.165, 1.54) is 49.2 Å². The molecule has 64 heavy (non-hydrogen) atoms. The molecule has 330 valence electrons. The molecule has 0 bridgehead atoms. The molecule has 3 aromatic carbocycles. The van der Waals surface area contributed by atoms with E-state index < -0.39 is 79.9 Å².